The average Bonchev–Trinajstić information content (AvgIpc) is 2.58. The lowest BCUT2D eigenvalue weighted by Gasteiger charge is -2.07. The number of nitrogens with one attached hydrogen (secondary N) is 1. The Morgan fingerprint density at radius 3 is 2.64 bits per heavy atom. The fourth-order valence-electron chi connectivity index (χ4n) is 1.75. The third kappa shape index (κ3) is 5.14. The molecule has 0 bridgehead atoms. The van der Waals surface area contributed by atoms with E-state index < -0.39 is 0 Å². The number of hydrogen-bond donors (Lipinski definition) is 1. The Kier molecular flexibility index (Phi) is 6.32. The van der Waals surface area contributed by atoms with E-state index >= 15 is 0 Å². The number of benzene rings is 1. The van der Waals surface area contributed by atoms with Gasteiger partial charge in [-0.3, -0.25) is 4.79 Å². The van der Waals surface area contributed by atoms with Crippen LogP contribution in [0, 0.1) is 0 Å². The topological polar surface area (TPSA) is 73.3 Å². The highest BCUT2D eigenvalue weighted by Gasteiger charge is 2.02. The quantitative estimate of drug-likeness (QED) is 0.751. The maximum Gasteiger partial charge on any atom is 0.246 e. The van der Waals surface area contributed by atoms with Crippen LogP contribution in [-0.4, -0.2) is 42.5 Å². The number of nitrogens with zero attached hydrogens (tertiary/aromatic N) is 2. The molecule has 6 nitrogen and oxygen atoms in total. The first-order chi connectivity index (χ1) is 10.8. The number of hydrogen-bond acceptors (Lipinski definition) is 5. The van der Waals surface area contributed by atoms with Gasteiger partial charge in [0.2, 0.25) is 11.8 Å². The van der Waals surface area contributed by atoms with Crippen LogP contribution in [0.4, 0.5) is 0 Å². The molecule has 1 aromatic carbocycles. The van der Waals surface area contributed by atoms with Gasteiger partial charge >= 0.3 is 0 Å². The summed E-state index contributed by atoms with van der Waals surface area (Å²) in [7, 11) is 0. The number of amides is 1. The van der Waals surface area contributed by atoms with Crippen molar-refractivity contribution in [2.45, 2.75) is 6.92 Å². The lowest BCUT2D eigenvalue weighted by molar-refractivity contribution is -0.125. The summed E-state index contributed by atoms with van der Waals surface area (Å²) in [5.74, 6) is 0.273. The summed E-state index contributed by atoms with van der Waals surface area (Å²) in [6.45, 7) is 3.16. The smallest absolute Gasteiger partial charge is 0.246 e. The first-order valence-corrected chi connectivity index (χ1v) is 7.16. The van der Waals surface area contributed by atoms with Gasteiger partial charge in [0.15, 0.2) is 0 Å². The minimum atomic E-state index is -0.157. The average molecular weight is 301 g/mol. The van der Waals surface area contributed by atoms with Gasteiger partial charge in [0.1, 0.15) is 13.2 Å². The van der Waals surface area contributed by atoms with Crippen LogP contribution in [0.2, 0.25) is 0 Å². The lowest BCUT2D eigenvalue weighted by atomic mass is 10.1. The minimum absolute atomic E-state index is 0.0715. The fraction of sp³-hybridized carbons (Fsp3) is 0.312. The molecule has 0 saturated carbocycles. The van der Waals surface area contributed by atoms with Gasteiger partial charge in [-0.1, -0.05) is 30.3 Å². The van der Waals surface area contributed by atoms with Crippen LogP contribution in [0.3, 0.4) is 0 Å². The van der Waals surface area contributed by atoms with Gasteiger partial charge in [-0.2, -0.15) is 0 Å². The van der Waals surface area contributed by atoms with E-state index in [4.69, 9.17) is 9.47 Å². The van der Waals surface area contributed by atoms with Gasteiger partial charge in [-0.15, -0.1) is 10.2 Å². The first-order valence-electron chi connectivity index (χ1n) is 7.16. The standard InChI is InChI=1S/C16H19N3O3/c1-2-21-12-15(20)17-10-11-22-16-9-8-14(18-19-16)13-6-4-3-5-7-13/h3-9H,2,10-12H2,1H3,(H,17,20). The van der Waals surface area contributed by atoms with Crippen LogP contribution in [0.5, 0.6) is 5.88 Å². The van der Waals surface area contributed by atoms with Crippen molar-refractivity contribution < 1.29 is 14.3 Å². The fourth-order valence-corrected chi connectivity index (χ4v) is 1.75. The van der Waals surface area contributed by atoms with Crippen molar-refractivity contribution in [1.29, 1.82) is 0 Å². The SMILES string of the molecule is CCOCC(=O)NCCOc1ccc(-c2ccccc2)nn1. The molecule has 2 aromatic rings. The minimum Gasteiger partial charge on any atom is -0.475 e. The molecule has 0 saturated heterocycles. The summed E-state index contributed by atoms with van der Waals surface area (Å²) < 4.78 is 10.4. The third-order valence-electron chi connectivity index (χ3n) is 2.82. The van der Waals surface area contributed by atoms with Gasteiger partial charge in [-0.25, -0.2) is 0 Å². The second-order valence-corrected chi connectivity index (χ2v) is 4.46. The van der Waals surface area contributed by atoms with E-state index in [1.54, 1.807) is 6.07 Å². The molecule has 1 aromatic heterocycles. The van der Waals surface area contributed by atoms with E-state index in [-0.39, 0.29) is 12.5 Å². The Bertz CT molecular complexity index is 573. The molecule has 1 N–H and O–H groups in total. The highest BCUT2D eigenvalue weighted by Crippen LogP contribution is 2.16. The molecule has 1 amide bonds. The van der Waals surface area contributed by atoms with Gasteiger partial charge in [0, 0.05) is 18.2 Å². The number of rotatable bonds is 8. The zero-order valence-corrected chi connectivity index (χ0v) is 12.5. The third-order valence-corrected chi connectivity index (χ3v) is 2.82. The Labute approximate surface area is 129 Å². The molecule has 0 aliphatic carbocycles. The molecule has 0 fully saturated rings. The van der Waals surface area contributed by atoms with E-state index in [0.717, 1.165) is 11.3 Å². The summed E-state index contributed by atoms with van der Waals surface area (Å²) in [5, 5.41) is 10.8. The van der Waals surface area contributed by atoms with Crippen LogP contribution >= 0.6 is 0 Å². The number of aromatic nitrogens is 2. The van der Waals surface area contributed by atoms with Crippen molar-refractivity contribution in [2.24, 2.45) is 0 Å². The molecule has 0 aliphatic rings. The maximum atomic E-state index is 11.3. The summed E-state index contributed by atoms with van der Waals surface area (Å²) in [6, 6.07) is 13.4. The van der Waals surface area contributed by atoms with Gasteiger partial charge in [0.05, 0.1) is 12.2 Å². The predicted molar refractivity (Wildman–Crippen MR) is 82.5 cm³/mol. The highest BCUT2D eigenvalue weighted by molar-refractivity contribution is 5.77. The molecule has 0 spiro atoms. The number of carbonyl (C=O) groups is 1. The van der Waals surface area contributed by atoms with Crippen molar-refractivity contribution in [2.75, 3.05) is 26.4 Å². The van der Waals surface area contributed by atoms with Crippen LogP contribution in [0.1, 0.15) is 6.92 Å². The Morgan fingerprint density at radius 2 is 1.95 bits per heavy atom. The summed E-state index contributed by atoms with van der Waals surface area (Å²) in [4.78, 5) is 11.3. The number of carbonyl (C=O) groups excluding carboxylic acids is 1. The second-order valence-electron chi connectivity index (χ2n) is 4.46. The van der Waals surface area contributed by atoms with Gasteiger partial charge in [0.25, 0.3) is 0 Å². The monoisotopic (exact) mass is 301 g/mol. The van der Waals surface area contributed by atoms with E-state index in [2.05, 4.69) is 15.5 Å². The summed E-state index contributed by atoms with van der Waals surface area (Å²) in [5.41, 5.74) is 1.79. The normalized spacial score (nSPS) is 10.2. The predicted octanol–water partition coefficient (Wildman–Crippen LogP) is 1.68. The van der Waals surface area contributed by atoms with Crippen LogP contribution in [0.25, 0.3) is 11.3 Å². The molecule has 2 rings (SSSR count). The van der Waals surface area contributed by atoms with Crippen LogP contribution in [0.15, 0.2) is 42.5 Å². The molecular formula is C16H19N3O3. The second kappa shape index (κ2) is 8.74. The lowest BCUT2D eigenvalue weighted by Crippen LogP contribution is -2.31. The van der Waals surface area contributed by atoms with E-state index in [1.165, 1.54) is 0 Å². The molecule has 0 atom stereocenters. The first kappa shape index (κ1) is 15.9. The van der Waals surface area contributed by atoms with Crippen LogP contribution < -0.4 is 10.1 Å². The Morgan fingerprint density at radius 1 is 1.14 bits per heavy atom. The van der Waals surface area contributed by atoms with E-state index in [0.29, 0.717) is 25.6 Å². The Hall–Kier alpha value is -2.47. The maximum absolute atomic E-state index is 11.3. The molecule has 6 heteroatoms. The van der Waals surface area contributed by atoms with Gasteiger partial charge in [-0.05, 0) is 13.0 Å². The van der Waals surface area contributed by atoms with Gasteiger partial charge < -0.3 is 14.8 Å². The molecule has 1 heterocycles. The summed E-state index contributed by atoms with van der Waals surface area (Å²) >= 11 is 0. The molecule has 22 heavy (non-hydrogen) atoms. The summed E-state index contributed by atoms with van der Waals surface area (Å²) in [6.07, 6.45) is 0. The molecule has 0 aliphatic heterocycles. The van der Waals surface area contributed by atoms with Crippen molar-refractivity contribution in [1.82, 2.24) is 15.5 Å². The Balaban J connectivity index is 1.74. The van der Waals surface area contributed by atoms with Crippen LogP contribution in [-0.2, 0) is 9.53 Å². The highest BCUT2D eigenvalue weighted by atomic mass is 16.5. The molecular weight excluding hydrogens is 282 g/mol. The van der Waals surface area contributed by atoms with Crippen molar-refractivity contribution in [3.8, 4) is 17.1 Å². The van der Waals surface area contributed by atoms with Crippen molar-refractivity contribution >= 4 is 5.91 Å². The van der Waals surface area contributed by atoms with Crippen molar-refractivity contribution in [3.63, 3.8) is 0 Å². The van der Waals surface area contributed by atoms with E-state index in [1.807, 2.05) is 43.3 Å². The molecule has 0 radical (unpaired) electrons. The van der Waals surface area contributed by atoms with E-state index in [9.17, 15) is 4.79 Å². The number of ether oxygens (including phenoxy) is 2. The molecule has 116 valence electrons. The molecule has 0 unspecified atom stereocenters. The zero-order valence-electron chi connectivity index (χ0n) is 12.5. The largest absolute Gasteiger partial charge is 0.475 e. The van der Waals surface area contributed by atoms with Crippen molar-refractivity contribution in [3.05, 3.63) is 42.5 Å². The zero-order chi connectivity index (χ0) is 15.6.